The molecule has 0 aliphatic carbocycles. The van der Waals surface area contributed by atoms with Crippen molar-refractivity contribution in [1.82, 2.24) is 19.6 Å². The SMILES string of the molecule is CCS(=O)(=O)c1ccc(NC(=O)c2nc3nccc(C)n3n2)cc1. The Kier molecular flexibility index (Phi) is 4.02. The van der Waals surface area contributed by atoms with Crippen LogP contribution in [-0.4, -0.2) is 39.7 Å². The molecule has 1 amide bonds. The van der Waals surface area contributed by atoms with Crippen LogP contribution in [0.15, 0.2) is 41.4 Å². The molecule has 0 bridgehead atoms. The van der Waals surface area contributed by atoms with Gasteiger partial charge in [-0.3, -0.25) is 4.79 Å². The van der Waals surface area contributed by atoms with Crippen LogP contribution in [0.5, 0.6) is 0 Å². The largest absolute Gasteiger partial charge is 0.319 e. The van der Waals surface area contributed by atoms with E-state index in [9.17, 15) is 13.2 Å². The van der Waals surface area contributed by atoms with E-state index in [0.29, 0.717) is 11.5 Å². The molecule has 0 aliphatic heterocycles. The first-order valence-electron chi connectivity index (χ1n) is 7.23. The third-order valence-corrected chi connectivity index (χ3v) is 5.23. The number of nitrogens with one attached hydrogen (secondary N) is 1. The molecule has 1 aromatic carbocycles. The Morgan fingerprint density at radius 2 is 1.92 bits per heavy atom. The van der Waals surface area contributed by atoms with Gasteiger partial charge in [-0.15, -0.1) is 5.10 Å². The highest BCUT2D eigenvalue weighted by Crippen LogP contribution is 2.16. The van der Waals surface area contributed by atoms with Gasteiger partial charge in [0.1, 0.15) is 0 Å². The van der Waals surface area contributed by atoms with E-state index < -0.39 is 15.7 Å². The summed E-state index contributed by atoms with van der Waals surface area (Å²) in [4.78, 5) is 20.6. The highest BCUT2D eigenvalue weighted by atomic mass is 32.2. The highest BCUT2D eigenvalue weighted by molar-refractivity contribution is 7.91. The standard InChI is InChI=1S/C15H15N5O3S/c1-3-24(22,23)12-6-4-11(5-7-12)17-14(21)13-18-15-16-9-8-10(2)20(15)19-13/h4-9H,3H2,1-2H3,(H,17,21). The maximum Gasteiger partial charge on any atom is 0.295 e. The molecule has 1 N–H and O–H groups in total. The Morgan fingerprint density at radius 1 is 1.21 bits per heavy atom. The van der Waals surface area contributed by atoms with E-state index in [2.05, 4.69) is 20.4 Å². The van der Waals surface area contributed by atoms with Crippen LogP contribution in [0.2, 0.25) is 0 Å². The molecular formula is C15H15N5O3S. The zero-order valence-electron chi connectivity index (χ0n) is 13.1. The first-order chi connectivity index (χ1) is 11.4. The third-order valence-electron chi connectivity index (χ3n) is 3.48. The molecule has 2 heterocycles. The molecular weight excluding hydrogens is 330 g/mol. The van der Waals surface area contributed by atoms with Gasteiger partial charge in [0.25, 0.3) is 11.7 Å². The lowest BCUT2D eigenvalue weighted by Gasteiger charge is -2.04. The quantitative estimate of drug-likeness (QED) is 0.767. The molecule has 0 aliphatic rings. The van der Waals surface area contributed by atoms with E-state index >= 15 is 0 Å². The van der Waals surface area contributed by atoms with Crippen molar-refractivity contribution >= 4 is 27.2 Å². The Balaban J connectivity index is 1.82. The number of benzene rings is 1. The van der Waals surface area contributed by atoms with Gasteiger partial charge in [0.2, 0.25) is 5.82 Å². The van der Waals surface area contributed by atoms with Gasteiger partial charge < -0.3 is 5.32 Å². The van der Waals surface area contributed by atoms with E-state index in [0.717, 1.165) is 5.69 Å². The molecule has 0 atom stereocenters. The number of anilines is 1. The van der Waals surface area contributed by atoms with Crippen LogP contribution in [0.1, 0.15) is 23.2 Å². The van der Waals surface area contributed by atoms with Crippen LogP contribution < -0.4 is 5.32 Å². The van der Waals surface area contributed by atoms with Crippen LogP contribution in [-0.2, 0) is 9.84 Å². The first kappa shape index (κ1) is 16.1. The van der Waals surface area contributed by atoms with Gasteiger partial charge in [0.15, 0.2) is 9.84 Å². The van der Waals surface area contributed by atoms with Crippen LogP contribution in [0.3, 0.4) is 0 Å². The minimum absolute atomic E-state index is 0.0120. The van der Waals surface area contributed by atoms with Crippen molar-refractivity contribution in [2.24, 2.45) is 0 Å². The van der Waals surface area contributed by atoms with E-state index in [-0.39, 0.29) is 16.5 Å². The average Bonchev–Trinajstić information content (AvgIpc) is 3.01. The van der Waals surface area contributed by atoms with Crippen molar-refractivity contribution in [3.63, 3.8) is 0 Å². The topological polar surface area (TPSA) is 106 Å². The minimum atomic E-state index is -3.27. The van der Waals surface area contributed by atoms with Crippen molar-refractivity contribution in [3.8, 4) is 0 Å². The number of rotatable bonds is 4. The molecule has 24 heavy (non-hydrogen) atoms. The lowest BCUT2D eigenvalue weighted by atomic mass is 10.3. The van der Waals surface area contributed by atoms with E-state index in [1.807, 2.05) is 6.92 Å². The van der Waals surface area contributed by atoms with Crippen LogP contribution >= 0.6 is 0 Å². The number of aryl methyl sites for hydroxylation is 1. The lowest BCUT2D eigenvalue weighted by molar-refractivity contribution is 0.101. The summed E-state index contributed by atoms with van der Waals surface area (Å²) in [5.74, 6) is -0.145. The summed E-state index contributed by atoms with van der Waals surface area (Å²) in [7, 11) is -3.27. The van der Waals surface area contributed by atoms with Crippen molar-refractivity contribution in [1.29, 1.82) is 0 Å². The molecule has 124 valence electrons. The van der Waals surface area contributed by atoms with Gasteiger partial charge in [0, 0.05) is 17.6 Å². The lowest BCUT2D eigenvalue weighted by Crippen LogP contribution is -2.14. The number of hydrogen-bond acceptors (Lipinski definition) is 6. The molecule has 0 radical (unpaired) electrons. The summed E-state index contributed by atoms with van der Waals surface area (Å²) >= 11 is 0. The van der Waals surface area contributed by atoms with Gasteiger partial charge in [-0.05, 0) is 37.3 Å². The van der Waals surface area contributed by atoms with Gasteiger partial charge in [0.05, 0.1) is 10.6 Å². The highest BCUT2D eigenvalue weighted by Gasteiger charge is 2.15. The molecule has 0 unspecified atom stereocenters. The fourth-order valence-corrected chi connectivity index (χ4v) is 2.99. The second-order valence-corrected chi connectivity index (χ2v) is 7.39. The summed E-state index contributed by atoms with van der Waals surface area (Å²) < 4.78 is 25.0. The summed E-state index contributed by atoms with van der Waals surface area (Å²) in [6.45, 7) is 3.41. The molecule has 9 heteroatoms. The maximum atomic E-state index is 12.2. The molecule has 0 fully saturated rings. The Bertz CT molecular complexity index is 1010. The second kappa shape index (κ2) is 6.00. The van der Waals surface area contributed by atoms with Gasteiger partial charge in [-0.25, -0.2) is 17.9 Å². The third kappa shape index (κ3) is 2.98. The summed E-state index contributed by atoms with van der Waals surface area (Å²) in [5, 5.41) is 6.75. The number of carbonyl (C=O) groups excluding carboxylic acids is 1. The van der Waals surface area contributed by atoms with Crippen molar-refractivity contribution in [3.05, 3.63) is 48.0 Å². The number of amides is 1. The molecule has 0 saturated heterocycles. The summed E-state index contributed by atoms with van der Waals surface area (Å²) in [6, 6.07) is 7.73. The number of sulfone groups is 1. The van der Waals surface area contributed by atoms with Crippen LogP contribution in [0, 0.1) is 6.92 Å². The van der Waals surface area contributed by atoms with Gasteiger partial charge >= 0.3 is 0 Å². The number of carbonyl (C=O) groups is 1. The zero-order valence-corrected chi connectivity index (χ0v) is 13.9. The Morgan fingerprint density at radius 3 is 2.54 bits per heavy atom. The number of hydrogen-bond donors (Lipinski definition) is 1. The smallest absolute Gasteiger partial charge is 0.295 e. The molecule has 8 nitrogen and oxygen atoms in total. The molecule has 0 spiro atoms. The Labute approximate surface area is 138 Å². The fraction of sp³-hybridized carbons (Fsp3) is 0.200. The zero-order chi connectivity index (χ0) is 17.3. The first-order valence-corrected chi connectivity index (χ1v) is 8.88. The average molecular weight is 345 g/mol. The molecule has 0 saturated carbocycles. The number of nitrogens with zero attached hydrogens (tertiary/aromatic N) is 4. The second-order valence-electron chi connectivity index (χ2n) is 5.12. The van der Waals surface area contributed by atoms with Gasteiger partial charge in [-0.1, -0.05) is 6.92 Å². The van der Waals surface area contributed by atoms with E-state index in [1.54, 1.807) is 19.2 Å². The van der Waals surface area contributed by atoms with Crippen LogP contribution in [0.4, 0.5) is 5.69 Å². The predicted octanol–water partition coefficient (Wildman–Crippen LogP) is 1.48. The predicted molar refractivity (Wildman–Crippen MR) is 87.6 cm³/mol. The monoisotopic (exact) mass is 345 g/mol. The van der Waals surface area contributed by atoms with Crippen molar-refractivity contribution < 1.29 is 13.2 Å². The Hall–Kier alpha value is -2.81. The van der Waals surface area contributed by atoms with Gasteiger partial charge in [-0.2, -0.15) is 4.98 Å². The molecule has 2 aromatic heterocycles. The molecule has 3 rings (SSSR count). The molecule has 3 aromatic rings. The van der Waals surface area contributed by atoms with E-state index in [1.165, 1.54) is 28.8 Å². The van der Waals surface area contributed by atoms with Crippen molar-refractivity contribution in [2.75, 3.05) is 11.1 Å². The number of fused-ring (bicyclic) bond motifs is 1. The normalized spacial score (nSPS) is 11.6. The fourth-order valence-electron chi connectivity index (χ4n) is 2.10. The number of aromatic nitrogens is 4. The summed E-state index contributed by atoms with van der Waals surface area (Å²) in [5.41, 5.74) is 1.26. The van der Waals surface area contributed by atoms with Crippen molar-refractivity contribution in [2.45, 2.75) is 18.7 Å². The van der Waals surface area contributed by atoms with Crippen LogP contribution in [0.25, 0.3) is 5.78 Å². The maximum absolute atomic E-state index is 12.2. The summed E-state index contributed by atoms with van der Waals surface area (Å²) in [6.07, 6.45) is 1.59. The van der Waals surface area contributed by atoms with E-state index in [4.69, 9.17) is 0 Å². The minimum Gasteiger partial charge on any atom is -0.319 e.